The second-order valence-electron chi connectivity index (χ2n) is 3.38. The van der Waals surface area contributed by atoms with Crippen molar-refractivity contribution in [3.8, 4) is 0 Å². The van der Waals surface area contributed by atoms with Gasteiger partial charge in [-0.2, -0.15) is 0 Å². The molecule has 0 aromatic rings. The van der Waals surface area contributed by atoms with Crippen molar-refractivity contribution in [1.82, 2.24) is 10.2 Å². The SMILES string of the molecule is CC.[B]C(O)(O)OCC1CN(C)CCN1. The molecule has 2 radical (unpaired) electrons. The number of piperazine rings is 1. The standard InChI is InChI=1S/C7H15BN2O3.C2H6/c1-10-3-2-9-6(4-10)5-13-7(8,11)12;1-2/h6,9,11-12H,2-5H2,1H3;1-2H3. The Labute approximate surface area is 92.8 Å². The Morgan fingerprint density at radius 3 is 2.60 bits per heavy atom. The molecule has 0 saturated carbocycles. The molecular weight excluding hydrogens is 195 g/mol. The van der Waals surface area contributed by atoms with Gasteiger partial charge in [-0.15, -0.1) is 0 Å². The molecule has 1 aliphatic heterocycles. The molecule has 0 aromatic carbocycles. The highest BCUT2D eigenvalue weighted by atomic mass is 16.8. The lowest BCUT2D eigenvalue weighted by Gasteiger charge is -2.32. The highest BCUT2D eigenvalue weighted by Gasteiger charge is 2.21. The van der Waals surface area contributed by atoms with Gasteiger partial charge in [0.05, 0.1) is 6.61 Å². The third kappa shape index (κ3) is 7.75. The fraction of sp³-hybridized carbons (Fsp3) is 1.00. The van der Waals surface area contributed by atoms with Crippen molar-refractivity contribution in [2.45, 2.75) is 25.8 Å². The number of ether oxygens (including phenoxy) is 1. The molecule has 1 aliphatic rings. The first-order valence-electron chi connectivity index (χ1n) is 5.27. The van der Waals surface area contributed by atoms with Crippen molar-refractivity contribution < 1.29 is 14.9 Å². The average molecular weight is 216 g/mol. The summed E-state index contributed by atoms with van der Waals surface area (Å²) in [6.45, 7) is 6.87. The van der Waals surface area contributed by atoms with E-state index < -0.39 is 5.87 Å². The Hall–Kier alpha value is -0.135. The van der Waals surface area contributed by atoms with Crippen LogP contribution in [0.5, 0.6) is 0 Å². The van der Waals surface area contributed by atoms with Crippen LogP contribution in [0.1, 0.15) is 13.8 Å². The minimum Gasteiger partial charge on any atom is -0.353 e. The van der Waals surface area contributed by atoms with Crippen LogP contribution in [-0.2, 0) is 4.74 Å². The summed E-state index contributed by atoms with van der Waals surface area (Å²) in [5.74, 6) is -2.52. The summed E-state index contributed by atoms with van der Waals surface area (Å²) in [7, 11) is 6.84. The van der Waals surface area contributed by atoms with Crippen LogP contribution in [0.15, 0.2) is 0 Å². The molecule has 1 unspecified atom stereocenters. The number of hydrogen-bond donors (Lipinski definition) is 3. The van der Waals surface area contributed by atoms with Crippen molar-refractivity contribution in [2.24, 2.45) is 0 Å². The second-order valence-corrected chi connectivity index (χ2v) is 3.38. The van der Waals surface area contributed by atoms with Crippen molar-refractivity contribution in [3.63, 3.8) is 0 Å². The molecule has 1 rings (SSSR count). The molecule has 5 nitrogen and oxygen atoms in total. The summed E-state index contributed by atoms with van der Waals surface area (Å²) >= 11 is 0. The van der Waals surface area contributed by atoms with E-state index in [4.69, 9.17) is 18.1 Å². The fourth-order valence-electron chi connectivity index (χ4n) is 1.33. The normalized spacial score (nSPS) is 23.1. The van der Waals surface area contributed by atoms with Gasteiger partial charge in [-0.25, -0.2) is 0 Å². The predicted molar refractivity (Wildman–Crippen MR) is 59.5 cm³/mol. The average Bonchev–Trinajstić information content (AvgIpc) is 2.17. The Bertz CT molecular complexity index is 164. The summed E-state index contributed by atoms with van der Waals surface area (Å²) < 4.78 is 4.62. The maximum absolute atomic E-state index is 8.68. The van der Waals surface area contributed by atoms with Gasteiger partial charge in [-0.1, -0.05) is 13.8 Å². The second kappa shape index (κ2) is 7.19. The Kier molecular flexibility index (Phi) is 7.13. The van der Waals surface area contributed by atoms with E-state index in [-0.39, 0.29) is 12.6 Å². The molecule has 88 valence electrons. The molecule has 0 amide bonds. The number of nitrogens with zero attached hydrogens (tertiary/aromatic N) is 1. The summed E-state index contributed by atoms with van der Waals surface area (Å²) in [6, 6.07) is 0.0981. The first-order chi connectivity index (χ1) is 6.97. The maximum atomic E-state index is 8.68. The highest BCUT2D eigenvalue weighted by Crippen LogP contribution is 2.00. The predicted octanol–water partition coefficient (Wildman–Crippen LogP) is -1.30. The zero-order valence-electron chi connectivity index (χ0n) is 9.73. The molecule has 0 spiro atoms. The van der Waals surface area contributed by atoms with E-state index in [1.807, 2.05) is 20.9 Å². The Morgan fingerprint density at radius 2 is 2.13 bits per heavy atom. The number of aliphatic hydroxyl groups is 2. The summed E-state index contributed by atoms with van der Waals surface area (Å²) in [5.41, 5.74) is 0. The van der Waals surface area contributed by atoms with E-state index >= 15 is 0 Å². The van der Waals surface area contributed by atoms with Crippen LogP contribution >= 0.6 is 0 Å². The quantitative estimate of drug-likeness (QED) is 0.404. The lowest BCUT2D eigenvalue weighted by Crippen LogP contribution is -2.52. The number of rotatable bonds is 3. The minimum atomic E-state index is -2.52. The van der Waals surface area contributed by atoms with Gasteiger partial charge >= 0.3 is 0 Å². The van der Waals surface area contributed by atoms with Gasteiger partial charge in [0.2, 0.25) is 5.87 Å². The molecule has 0 bridgehead atoms. The highest BCUT2D eigenvalue weighted by molar-refractivity contribution is 6.11. The molecule has 1 heterocycles. The number of likely N-dealkylation sites (N-methyl/N-ethyl adjacent to an activating group) is 1. The molecule has 15 heavy (non-hydrogen) atoms. The minimum absolute atomic E-state index is 0.0981. The van der Waals surface area contributed by atoms with Crippen LogP contribution in [0.25, 0.3) is 0 Å². The lowest BCUT2D eigenvalue weighted by molar-refractivity contribution is -0.277. The van der Waals surface area contributed by atoms with E-state index in [0.717, 1.165) is 19.6 Å². The summed E-state index contributed by atoms with van der Waals surface area (Å²) in [6.07, 6.45) is 0. The van der Waals surface area contributed by atoms with Gasteiger partial charge in [0.1, 0.15) is 0 Å². The van der Waals surface area contributed by atoms with Crippen LogP contribution < -0.4 is 5.32 Å². The third-order valence-corrected chi connectivity index (χ3v) is 1.96. The largest absolute Gasteiger partial charge is 0.353 e. The van der Waals surface area contributed by atoms with Gasteiger partial charge in [0.15, 0.2) is 7.85 Å². The summed E-state index contributed by atoms with van der Waals surface area (Å²) in [5, 5.41) is 20.5. The van der Waals surface area contributed by atoms with Crippen LogP contribution in [0.4, 0.5) is 0 Å². The molecule has 1 fully saturated rings. The topological polar surface area (TPSA) is 65.0 Å². The number of nitrogens with one attached hydrogen (secondary N) is 1. The Morgan fingerprint density at radius 1 is 1.53 bits per heavy atom. The van der Waals surface area contributed by atoms with Crippen LogP contribution in [0.2, 0.25) is 0 Å². The molecule has 1 saturated heterocycles. The molecular formula is C9H21BN2O3. The smallest absolute Gasteiger partial charge is 0.217 e. The number of hydrogen-bond acceptors (Lipinski definition) is 5. The van der Waals surface area contributed by atoms with Gasteiger partial charge in [-0.3, -0.25) is 0 Å². The molecule has 0 aliphatic carbocycles. The first kappa shape index (κ1) is 14.9. The first-order valence-corrected chi connectivity index (χ1v) is 5.27. The van der Waals surface area contributed by atoms with Crippen molar-refractivity contribution in [2.75, 3.05) is 33.3 Å². The van der Waals surface area contributed by atoms with Gasteiger partial charge in [0.25, 0.3) is 0 Å². The van der Waals surface area contributed by atoms with E-state index in [1.165, 1.54) is 0 Å². The monoisotopic (exact) mass is 216 g/mol. The van der Waals surface area contributed by atoms with Crippen molar-refractivity contribution >= 4 is 7.85 Å². The third-order valence-electron chi connectivity index (χ3n) is 1.96. The van der Waals surface area contributed by atoms with Gasteiger partial charge in [-0.05, 0) is 7.05 Å². The maximum Gasteiger partial charge on any atom is 0.217 e. The van der Waals surface area contributed by atoms with Crippen LogP contribution in [0.3, 0.4) is 0 Å². The van der Waals surface area contributed by atoms with Crippen LogP contribution in [0, 0.1) is 0 Å². The fourth-order valence-corrected chi connectivity index (χ4v) is 1.33. The van der Waals surface area contributed by atoms with Gasteiger partial charge in [0, 0.05) is 25.7 Å². The van der Waals surface area contributed by atoms with Crippen LogP contribution in [-0.4, -0.2) is 68.2 Å². The Balaban J connectivity index is 0.000000921. The molecule has 1 atom stereocenters. The van der Waals surface area contributed by atoms with E-state index in [1.54, 1.807) is 0 Å². The lowest BCUT2D eigenvalue weighted by atomic mass is 10.1. The zero-order valence-corrected chi connectivity index (χ0v) is 9.73. The van der Waals surface area contributed by atoms with Crippen molar-refractivity contribution in [1.29, 1.82) is 0 Å². The van der Waals surface area contributed by atoms with Gasteiger partial charge < -0.3 is 25.2 Å². The molecule has 0 aromatic heterocycles. The van der Waals surface area contributed by atoms with Crippen molar-refractivity contribution in [3.05, 3.63) is 0 Å². The van der Waals surface area contributed by atoms with E-state index in [9.17, 15) is 0 Å². The van der Waals surface area contributed by atoms with E-state index in [2.05, 4.69) is 15.0 Å². The zero-order chi connectivity index (χ0) is 11.9. The summed E-state index contributed by atoms with van der Waals surface area (Å²) in [4.78, 5) is 2.14. The molecule has 6 heteroatoms. The van der Waals surface area contributed by atoms with E-state index in [0.29, 0.717) is 0 Å². The molecule has 3 N–H and O–H groups in total.